The van der Waals surface area contributed by atoms with Crippen LogP contribution in [0.15, 0.2) is 29.2 Å². The molecule has 1 saturated carbocycles. The van der Waals surface area contributed by atoms with Crippen LogP contribution in [0, 0.1) is 11.8 Å². The molecule has 0 spiro atoms. The fourth-order valence-electron chi connectivity index (χ4n) is 4.18. The first kappa shape index (κ1) is 23.5. The van der Waals surface area contributed by atoms with Crippen LogP contribution < -0.4 is 10.1 Å². The molecule has 1 atom stereocenters. The Morgan fingerprint density at radius 1 is 1.10 bits per heavy atom. The first-order valence-corrected chi connectivity index (χ1v) is 12.3. The van der Waals surface area contributed by atoms with Crippen molar-refractivity contribution < 1.29 is 27.5 Å². The second-order valence-electron chi connectivity index (χ2n) is 8.51. The Labute approximate surface area is 184 Å². The van der Waals surface area contributed by atoms with Crippen LogP contribution in [-0.2, 0) is 24.3 Å². The molecule has 1 aliphatic heterocycles. The van der Waals surface area contributed by atoms with Gasteiger partial charge in [-0.3, -0.25) is 9.59 Å². The third-order valence-electron chi connectivity index (χ3n) is 6.14. The number of sulfonamides is 1. The number of hydrogen-bond donors (Lipinski definition) is 1. The van der Waals surface area contributed by atoms with Gasteiger partial charge in [-0.2, -0.15) is 4.31 Å². The predicted octanol–water partition coefficient (Wildman–Crippen LogP) is 2.33. The summed E-state index contributed by atoms with van der Waals surface area (Å²) in [6, 6.07) is 6.31. The summed E-state index contributed by atoms with van der Waals surface area (Å²) in [6.45, 7) is 2.28. The highest BCUT2D eigenvalue weighted by molar-refractivity contribution is 7.89. The van der Waals surface area contributed by atoms with E-state index in [-0.39, 0.29) is 30.0 Å². The Balaban J connectivity index is 1.51. The molecule has 1 aromatic rings. The van der Waals surface area contributed by atoms with E-state index in [1.54, 1.807) is 12.1 Å². The Bertz CT molecular complexity index is 862. The summed E-state index contributed by atoms with van der Waals surface area (Å²) >= 11 is 0. The van der Waals surface area contributed by atoms with Crippen molar-refractivity contribution in [3.8, 4) is 5.75 Å². The van der Waals surface area contributed by atoms with Gasteiger partial charge in [0, 0.05) is 19.1 Å². The lowest BCUT2D eigenvalue weighted by Crippen LogP contribution is -2.44. The lowest BCUT2D eigenvalue weighted by molar-refractivity contribution is -0.153. The molecule has 1 saturated heterocycles. The molecule has 1 N–H and O–H groups in total. The lowest BCUT2D eigenvalue weighted by atomic mass is 9.87. The molecular formula is C22H32N2O6S. The summed E-state index contributed by atoms with van der Waals surface area (Å²) in [5.41, 5.74) is 0. The van der Waals surface area contributed by atoms with Gasteiger partial charge in [-0.25, -0.2) is 8.42 Å². The van der Waals surface area contributed by atoms with Crippen LogP contribution in [0.4, 0.5) is 0 Å². The van der Waals surface area contributed by atoms with Crippen molar-refractivity contribution in [2.24, 2.45) is 11.8 Å². The second kappa shape index (κ2) is 10.5. The van der Waals surface area contributed by atoms with Crippen LogP contribution in [0.1, 0.15) is 45.4 Å². The Kier molecular flexibility index (Phi) is 7.94. The number of nitrogens with one attached hydrogen (secondary N) is 1. The molecule has 1 unspecified atom stereocenters. The molecule has 3 rings (SSSR count). The molecule has 8 nitrogen and oxygen atoms in total. The molecular weight excluding hydrogens is 420 g/mol. The van der Waals surface area contributed by atoms with Gasteiger partial charge < -0.3 is 14.8 Å². The van der Waals surface area contributed by atoms with Gasteiger partial charge in [-0.1, -0.05) is 6.92 Å². The minimum atomic E-state index is -3.72. The average Bonchev–Trinajstić information content (AvgIpc) is 2.79. The topological polar surface area (TPSA) is 102 Å². The first-order chi connectivity index (χ1) is 14.8. The number of rotatable bonds is 7. The summed E-state index contributed by atoms with van der Waals surface area (Å²) < 4.78 is 37.5. The van der Waals surface area contributed by atoms with Crippen molar-refractivity contribution in [1.82, 2.24) is 9.62 Å². The normalized spacial score (nSPS) is 24.9. The van der Waals surface area contributed by atoms with Gasteiger partial charge in [-0.15, -0.1) is 0 Å². The third-order valence-corrected chi connectivity index (χ3v) is 8.02. The number of methoxy groups -OCH3 is 1. The molecule has 9 heteroatoms. The molecule has 0 aromatic heterocycles. The minimum absolute atomic E-state index is 0.0509. The van der Waals surface area contributed by atoms with E-state index in [0.717, 1.165) is 25.7 Å². The minimum Gasteiger partial charge on any atom is -0.497 e. The number of esters is 1. The third kappa shape index (κ3) is 6.20. The molecule has 0 radical (unpaired) electrons. The van der Waals surface area contributed by atoms with E-state index < -0.39 is 21.9 Å². The summed E-state index contributed by atoms with van der Waals surface area (Å²) in [4.78, 5) is 24.8. The monoisotopic (exact) mass is 452 g/mol. The standard InChI is InChI=1S/C22H32N2O6S/c1-16-5-7-18(8-6-16)23-21(25)15-30-22(26)17-4-3-13-24(14-17)31(27,28)20-11-9-19(29-2)10-12-20/h9-12,16-18H,3-8,13-15H2,1-2H3,(H,23,25). The molecule has 1 heterocycles. The van der Waals surface area contributed by atoms with E-state index in [1.807, 2.05) is 0 Å². The molecule has 2 aliphatic rings. The number of amides is 1. The maximum Gasteiger partial charge on any atom is 0.310 e. The molecule has 172 valence electrons. The van der Waals surface area contributed by atoms with E-state index in [1.165, 1.54) is 23.5 Å². The predicted molar refractivity (Wildman–Crippen MR) is 115 cm³/mol. The van der Waals surface area contributed by atoms with Crippen LogP contribution in [0.25, 0.3) is 0 Å². The van der Waals surface area contributed by atoms with Crippen molar-refractivity contribution in [2.45, 2.75) is 56.4 Å². The van der Waals surface area contributed by atoms with Crippen LogP contribution in [0.5, 0.6) is 5.75 Å². The second-order valence-corrected chi connectivity index (χ2v) is 10.4. The van der Waals surface area contributed by atoms with Crippen LogP contribution >= 0.6 is 0 Å². The molecule has 1 aliphatic carbocycles. The van der Waals surface area contributed by atoms with Crippen molar-refractivity contribution in [2.75, 3.05) is 26.8 Å². The van der Waals surface area contributed by atoms with Crippen LogP contribution in [-0.4, -0.2) is 57.4 Å². The van der Waals surface area contributed by atoms with Gasteiger partial charge in [0.05, 0.1) is 17.9 Å². The summed E-state index contributed by atoms with van der Waals surface area (Å²) in [5, 5.41) is 2.93. The number of ether oxygens (including phenoxy) is 2. The number of carbonyl (C=O) groups excluding carboxylic acids is 2. The Hall–Kier alpha value is -2.13. The molecule has 31 heavy (non-hydrogen) atoms. The maximum atomic E-state index is 12.9. The van der Waals surface area contributed by atoms with Crippen LogP contribution in [0.3, 0.4) is 0 Å². The Morgan fingerprint density at radius 3 is 2.42 bits per heavy atom. The van der Waals surface area contributed by atoms with Gasteiger partial charge in [0.2, 0.25) is 10.0 Å². The van der Waals surface area contributed by atoms with E-state index in [2.05, 4.69) is 12.2 Å². The summed E-state index contributed by atoms with van der Waals surface area (Å²) in [7, 11) is -2.20. The molecule has 0 bridgehead atoms. The van der Waals surface area contributed by atoms with Crippen LogP contribution in [0.2, 0.25) is 0 Å². The summed E-state index contributed by atoms with van der Waals surface area (Å²) in [6.07, 6.45) is 5.16. The fourth-order valence-corrected chi connectivity index (χ4v) is 5.70. The quantitative estimate of drug-likeness (QED) is 0.637. The van der Waals surface area contributed by atoms with Gasteiger partial charge in [0.1, 0.15) is 5.75 Å². The van der Waals surface area contributed by atoms with E-state index in [9.17, 15) is 18.0 Å². The van der Waals surface area contributed by atoms with Gasteiger partial charge in [-0.05, 0) is 68.7 Å². The average molecular weight is 453 g/mol. The smallest absolute Gasteiger partial charge is 0.310 e. The highest BCUT2D eigenvalue weighted by Gasteiger charge is 2.34. The highest BCUT2D eigenvalue weighted by Crippen LogP contribution is 2.26. The number of carbonyl (C=O) groups is 2. The Morgan fingerprint density at radius 2 is 1.77 bits per heavy atom. The fraction of sp³-hybridized carbons (Fsp3) is 0.636. The SMILES string of the molecule is COc1ccc(S(=O)(=O)N2CCCC(C(=O)OCC(=O)NC3CCC(C)CC3)C2)cc1. The van der Waals surface area contributed by atoms with Gasteiger partial charge >= 0.3 is 5.97 Å². The number of piperidine rings is 1. The number of hydrogen-bond acceptors (Lipinski definition) is 6. The zero-order valence-electron chi connectivity index (χ0n) is 18.2. The first-order valence-electron chi connectivity index (χ1n) is 10.9. The van der Waals surface area contributed by atoms with E-state index in [0.29, 0.717) is 31.1 Å². The maximum absolute atomic E-state index is 12.9. The summed E-state index contributed by atoms with van der Waals surface area (Å²) in [5.74, 6) is -0.145. The highest BCUT2D eigenvalue weighted by atomic mass is 32.2. The number of nitrogens with zero attached hydrogens (tertiary/aromatic N) is 1. The number of benzene rings is 1. The van der Waals surface area contributed by atoms with E-state index in [4.69, 9.17) is 9.47 Å². The van der Waals surface area contributed by atoms with Crippen molar-refractivity contribution >= 4 is 21.9 Å². The molecule has 1 aromatic carbocycles. The lowest BCUT2D eigenvalue weighted by Gasteiger charge is -2.31. The largest absolute Gasteiger partial charge is 0.497 e. The van der Waals surface area contributed by atoms with Gasteiger partial charge in [0.25, 0.3) is 5.91 Å². The van der Waals surface area contributed by atoms with Crippen molar-refractivity contribution in [3.63, 3.8) is 0 Å². The zero-order valence-corrected chi connectivity index (χ0v) is 19.0. The van der Waals surface area contributed by atoms with Crippen molar-refractivity contribution in [3.05, 3.63) is 24.3 Å². The molecule has 2 fully saturated rings. The zero-order chi connectivity index (χ0) is 22.4. The van der Waals surface area contributed by atoms with Gasteiger partial charge in [0.15, 0.2) is 6.61 Å². The van der Waals surface area contributed by atoms with E-state index >= 15 is 0 Å². The van der Waals surface area contributed by atoms with Crippen molar-refractivity contribution in [1.29, 1.82) is 0 Å². The molecule has 1 amide bonds.